The van der Waals surface area contributed by atoms with Crippen molar-refractivity contribution in [1.82, 2.24) is 9.88 Å². The van der Waals surface area contributed by atoms with Crippen LogP contribution in [0.5, 0.6) is 0 Å². The fraction of sp³-hybridized carbons (Fsp3) is 0.231. The van der Waals surface area contributed by atoms with Crippen LogP contribution in [0.2, 0.25) is 0 Å². The van der Waals surface area contributed by atoms with Crippen LogP contribution in [-0.4, -0.2) is 34.7 Å². The van der Waals surface area contributed by atoms with Gasteiger partial charge in [-0.3, -0.25) is 14.6 Å². The van der Waals surface area contributed by atoms with E-state index in [2.05, 4.69) is 11.1 Å². The first-order valence-corrected chi connectivity index (χ1v) is 10.6. The molecule has 1 aliphatic heterocycles. The lowest BCUT2D eigenvalue weighted by atomic mass is 9.89. The normalized spacial score (nSPS) is 14.1. The predicted molar refractivity (Wildman–Crippen MR) is 118 cm³/mol. The molecule has 0 N–H and O–H groups in total. The monoisotopic (exact) mass is 427 g/mol. The van der Waals surface area contributed by atoms with Gasteiger partial charge in [-0.1, -0.05) is 24.3 Å². The molecule has 2 aromatic carbocycles. The molecular weight excluding hydrogens is 405 g/mol. The molecule has 0 aliphatic carbocycles. The van der Waals surface area contributed by atoms with Gasteiger partial charge in [0.15, 0.2) is 0 Å². The third-order valence-electron chi connectivity index (χ3n) is 5.87. The van der Waals surface area contributed by atoms with E-state index in [9.17, 15) is 19.2 Å². The number of carbonyl (C=O) groups is 2. The number of likely N-dealkylation sites (tertiary alicyclic amines) is 1. The van der Waals surface area contributed by atoms with Gasteiger partial charge < -0.3 is 4.90 Å². The zero-order chi connectivity index (χ0) is 22.5. The third-order valence-corrected chi connectivity index (χ3v) is 5.87. The Morgan fingerprint density at radius 3 is 2.53 bits per heavy atom. The van der Waals surface area contributed by atoms with E-state index in [4.69, 9.17) is 0 Å². The number of pyridine rings is 1. The molecule has 0 saturated carbocycles. The van der Waals surface area contributed by atoms with Gasteiger partial charge in [0.2, 0.25) is 0 Å². The lowest BCUT2D eigenvalue weighted by Crippen LogP contribution is -2.40. The Morgan fingerprint density at radius 1 is 1.06 bits per heavy atom. The maximum atomic E-state index is 14.1. The van der Waals surface area contributed by atoms with Gasteiger partial charge in [0.1, 0.15) is 11.6 Å². The number of aromatic nitrogens is 1. The standard InChI is InChI=1S/C26H22FN3O2/c27-23-8-4-3-7-22(23)24-15-18(9-12-29-24)16-25(31)19-10-13-30(14-11-19)26(32)21-6-2-1-5-20(21)17-28/h1-9,12,15,19H,10-11,13-14,16H2. The highest BCUT2D eigenvalue weighted by atomic mass is 19.1. The fourth-order valence-corrected chi connectivity index (χ4v) is 4.09. The second-order valence-corrected chi connectivity index (χ2v) is 7.90. The SMILES string of the molecule is N#Cc1ccccc1C(=O)N1CCC(C(=O)Cc2ccnc(-c3ccccc3F)c2)CC1. The van der Waals surface area contributed by atoms with Crippen LogP contribution in [0.1, 0.15) is 34.3 Å². The summed E-state index contributed by atoms with van der Waals surface area (Å²) in [6, 6.07) is 18.8. The highest BCUT2D eigenvalue weighted by molar-refractivity contribution is 5.96. The van der Waals surface area contributed by atoms with Crippen molar-refractivity contribution in [2.24, 2.45) is 5.92 Å². The molecule has 0 spiro atoms. The van der Waals surface area contributed by atoms with E-state index >= 15 is 0 Å². The molecule has 1 fully saturated rings. The van der Waals surface area contributed by atoms with Crippen LogP contribution >= 0.6 is 0 Å². The minimum absolute atomic E-state index is 0.111. The van der Waals surface area contributed by atoms with Crippen molar-refractivity contribution in [3.8, 4) is 17.3 Å². The van der Waals surface area contributed by atoms with Gasteiger partial charge in [0, 0.05) is 37.2 Å². The van der Waals surface area contributed by atoms with Crippen molar-refractivity contribution in [2.45, 2.75) is 19.3 Å². The maximum absolute atomic E-state index is 14.1. The summed E-state index contributed by atoms with van der Waals surface area (Å²) in [5.74, 6) is -0.536. The number of ketones is 1. The Balaban J connectivity index is 1.38. The largest absolute Gasteiger partial charge is 0.339 e. The summed E-state index contributed by atoms with van der Waals surface area (Å²) in [5, 5.41) is 9.24. The van der Waals surface area contributed by atoms with Gasteiger partial charge in [-0.25, -0.2) is 4.39 Å². The first kappa shape index (κ1) is 21.4. The second kappa shape index (κ2) is 9.52. The van der Waals surface area contributed by atoms with Crippen LogP contribution in [0.15, 0.2) is 66.9 Å². The second-order valence-electron chi connectivity index (χ2n) is 7.90. The Hall–Kier alpha value is -3.85. The molecular formula is C26H22FN3O2. The number of hydrogen-bond acceptors (Lipinski definition) is 4. The van der Waals surface area contributed by atoms with E-state index in [0.717, 1.165) is 5.56 Å². The number of Topliss-reactive ketones (excluding diaryl/α,β-unsaturated/α-hetero) is 1. The fourth-order valence-electron chi connectivity index (χ4n) is 4.09. The van der Waals surface area contributed by atoms with Gasteiger partial charge in [0.25, 0.3) is 5.91 Å². The van der Waals surface area contributed by atoms with Crippen LogP contribution in [0, 0.1) is 23.1 Å². The molecule has 32 heavy (non-hydrogen) atoms. The highest BCUT2D eigenvalue weighted by Gasteiger charge is 2.28. The van der Waals surface area contributed by atoms with Crippen molar-refractivity contribution in [3.05, 3.63) is 89.4 Å². The molecule has 1 aliphatic rings. The summed E-state index contributed by atoms with van der Waals surface area (Å²) in [5.41, 5.74) is 2.47. The first-order valence-electron chi connectivity index (χ1n) is 10.6. The van der Waals surface area contributed by atoms with Crippen molar-refractivity contribution >= 4 is 11.7 Å². The Kier molecular flexibility index (Phi) is 6.37. The number of rotatable bonds is 5. The molecule has 5 nitrogen and oxygen atoms in total. The first-order chi connectivity index (χ1) is 15.6. The van der Waals surface area contributed by atoms with E-state index in [0.29, 0.717) is 48.3 Å². The molecule has 0 atom stereocenters. The van der Waals surface area contributed by atoms with E-state index in [-0.39, 0.29) is 29.8 Å². The minimum Gasteiger partial charge on any atom is -0.339 e. The molecule has 0 radical (unpaired) electrons. The molecule has 3 aromatic rings. The summed E-state index contributed by atoms with van der Waals surface area (Å²) in [4.78, 5) is 31.6. The van der Waals surface area contributed by atoms with E-state index in [1.807, 2.05) is 0 Å². The number of halogens is 1. The Bertz CT molecular complexity index is 1190. The lowest BCUT2D eigenvalue weighted by molar-refractivity contribution is -0.123. The summed E-state index contributed by atoms with van der Waals surface area (Å²) >= 11 is 0. The summed E-state index contributed by atoms with van der Waals surface area (Å²) in [6.07, 6.45) is 3.02. The predicted octanol–water partition coefficient (Wildman–Crippen LogP) is 4.42. The zero-order valence-corrected chi connectivity index (χ0v) is 17.5. The average Bonchev–Trinajstić information content (AvgIpc) is 2.84. The molecule has 2 heterocycles. The molecule has 1 aromatic heterocycles. The molecule has 1 amide bonds. The summed E-state index contributed by atoms with van der Waals surface area (Å²) in [6.45, 7) is 0.956. The summed E-state index contributed by atoms with van der Waals surface area (Å²) < 4.78 is 14.1. The smallest absolute Gasteiger partial charge is 0.255 e. The number of carbonyl (C=O) groups excluding carboxylic acids is 2. The van der Waals surface area contributed by atoms with Crippen LogP contribution < -0.4 is 0 Å². The lowest BCUT2D eigenvalue weighted by Gasteiger charge is -2.31. The van der Waals surface area contributed by atoms with Gasteiger partial charge in [-0.2, -0.15) is 5.26 Å². The minimum atomic E-state index is -0.349. The van der Waals surface area contributed by atoms with Crippen LogP contribution in [0.4, 0.5) is 4.39 Å². The molecule has 6 heteroatoms. The molecule has 1 saturated heterocycles. The average molecular weight is 427 g/mol. The van der Waals surface area contributed by atoms with Crippen molar-refractivity contribution in [3.63, 3.8) is 0 Å². The molecule has 0 bridgehead atoms. The van der Waals surface area contributed by atoms with E-state index in [1.54, 1.807) is 65.7 Å². The highest BCUT2D eigenvalue weighted by Crippen LogP contribution is 2.24. The van der Waals surface area contributed by atoms with Crippen LogP contribution in [0.3, 0.4) is 0 Å². The van der Waals surface area contributed by atoms with Crippen LogP contribution in [0.25, 0.3) is 11.3 Å². The number of piperidine rings is 1. The topological polar surface area (TPSA) is 74.1 Å². The van der Waals surface area contributed by atoms with Gasteiger partial charge >= 0.3 is 0 Å². The Labute approximate surface area is 186 Å². The number of hydrogen-bond donors (Lipinski definition) is 0. The quantitative estimate of drug-likeness (QED) is 0.604. The van der Waals surface area contributed by atoms with E-state index < -0.39 is 0 Å². The van der Waals surface area contributed by atoms with Gasteiger partial charge in [0.05, 0.1) is 22.9 Å². The maximum Gasteiger partial charge on any atom is 0.255 e. The third kappa shape index (κ3) is 4.57. The summed E-state index contributed by atoms with van der Waals surface area (Å²) in [7, 11) is 0. The number of benzene rings is 2. The zero-order valence-electron chi connectivity index (χ0n) is 17.5. The van der Waals surface area contributed by atoms with Crippen LogP contribution in [-0.2, 0) is 11.2 Å². The van der Waals surface area contributed by atoms with Crippen molar-refractivity contribution < 1.29 is 14.0 Å². The van der Waals surface area contributed by atoms with E-state index in [1.165, 1.54) is 6.07 Å². The molecule has 160 valence electrons. The number of amides is 1. The number of nitrogens with zero attached hydrogens (tertiary/aromatic N) is 3. The van der Waals surface area contributed by atoms with Gasteiger partial charge in [-0.15, -0.1) is 0 Å². The van der Waals surface area contributed by atoms with Gasteiger partial charge in [-0.05, 0) is 54.8 Å². The van der Waals surface area contributed by atoms with Crippen molar-refractivity contribution in [2.75, 3.05) is 13.1 Å². The Morgan fingerprint density at radius 2 is 1.78 bits per heavy atom. The molecule has 0 unspecified atom stereocenters. The van der Waals surface area contributed by atoms with Crippen molar-refractivity contribution in [1.29, 1.82) is 5.26 Å². The molecule has 4 rings (SSSR count). The number of nitriles is 1.